The maximum Gasteiger partial charge on any atom is 0.141 e. The van der Waals surface area contributed by atoms with Gasteiger partial charge in [0.05, 0.1) is 12.8 Å². The predicted octanol–water partition coefficient (Wildman–Crippen LogP) is 2.67. The summed E-state index contributed by atoms with van der Waals surface area (Å²) in [7, 11) is 3.68. The Morgan fingerprint density at radius 3 is 2.53 bits per heavy atom. The van der Waals surface area contributed by atoms with E-state index in [-0.39, 0.29) is 5.54 Å². The van der Waals surface area contributed by atoms with Gasteiger partial charge < -0.3 is 15.4 Å². The zero-order valence-corrected chi connectivity index (χ0v) is 11.6. The molecule has 0 bridgehead atoms. The van der Waals surface area contributed by atoms with Crippen LogP contribution in [-0.4, -0.2) is 26.2 Å². The van der Waals surface area contributed by atoms with E-state index in [4.69, 9.17) is 4.74 Å². The molecular weight excluding hydrogens is 212 g/mol. The highest BCUT2D eigenvalue weighted by Crippen LogP contribution is 2.26. The van der Waals surface area contributed by atoms with Crippen molar-refractivity contribution >= 4 is 5.69 Å². The van der Waals surface area contributed by atoms with Crippen LogP contribution in [0.4, 0.5) is 5.69 Å². The molecule has 1 rings (SSSR count). The second kappa shape index (κ2) is 5.92. The number of nitrogens with one attached hydrogen (secondary N) is 2. The Hall–Kier alpha value is -1.22. The van der Waals surface area contributed by atoms with Gasteiger partial charge in [-0.3, -0.25) is 0 Å². The molecule has 0 spiro atoms. The maximum atomic E-state index is 5.36. The molecule has 0 aliphatic heterocycles. The molecule has 0 unspecified atom stereocenters. The number of methoxy groups -OCH3 is 1. The van der Waals surface area contributed by atoms with Crippen LogP contribution in [0.1, 0.15) is 26.3 Å². The fraction of sp³-hybridized carbons (Fsp3) is 0.571. The molecule has 0 radical (unpaired) electrons. The quantitative estimate of drug-likeness (QED) is 0.796. The Balaban J connectivity index is 2.81. The van der Waals surface area contributed by atoms with Crippen molar-refractivity contribution in [3.05, 3.63) is 23.8 Å². The minimum atomic E-state index is 0.0627. The fourth-order valence-electron chi connectivity index (χ4n) is 1.52. The van der Waals surface area contributed by atoms with Gasteiger partial charge in [-0.15, -0.1) is 0 Å². The normalized spacial score (nSPS) is 11.4. The van der Waals surface area contributed by atoms with Gasteiger partial charge in [0.15, 0.2) is 0 Å². The van der Waals surface area contributed by atoms with Crippen molar-refractivity contribution < 1.29 is 4.74 Å². The van der Waals surface area contributed by atoms with Crippen LogP contribution in [0.3, 0.4) is 0 Å². The third kappa shape index (κ3) is 3.93. The van der Waals surface area contributed by atoms with Crippen LogP contribution in [0.2, 0.25) is 0 Å². The number of aryl methyl sites for hydroxylation is 1. The summed E-state index contributed by atoms with van der Waals surface area (Å²) < 4.78 is 5.36. The van der Waals surface area contributed by atoms with Crippen molar-refractivity contribution in [2.75, 3.05) is 26.0 Å². The Labute approximate surface area is 105 Å². The first-order chi connectivity index (χ1) is 8.02. The second-order valence-corrected chi connectivity index (χ2v) is 4.88. The van der Waals surface area contributed by atoms with Crippen LogP contribution >= 0.6 is 0 Å². The maximum absolute atomic E-state index is 5.36. The fourth-order valence-corrected chi connectivity index (χ4v) is 1.52. The first-order valence-electron chi connectivity index (χ1n) is 6.12. The van der Waals surface area contributed by atoms with E-state index < -0.39 is 0 Å². The summed E-state index contributed by atoms with van der Waals surface area (Å²) in [4.78, 5) is 0. The summed E-state index contributed by atoms with van der Waals surface area (Å²) in [5.41, 5.74) is 2.44. The average Bonchev–Trinajstić information content (AvgIpc) is 2.36. The molecule has 0 atom stereocenters. The van der Waals surface area contributed by atoms with Crippen molar-refractivity contribution in [2.45, 2.75) is 32.7 Å². The highest BCUT2D eigenvalue weighted by atomic mass is 16.5. The van der Waals surface area contributed by atoms with Gasteiger partial charge in [0.2, 0.25) is 0 Å². The Morgan fingerprint density at radius 2 is 2.00 bits per heavy atom. The van der Waals surface area contributed by atoms with Crippen molar-refractivity contribution in [1.29, 1.82) is 0 Å². The number of likely N-dealkylation sites (N-methyl/N-ethyl adjacent to an activating group) is 1. The van der Waals surface area contributed by atoms with Gasteiger partial charge in [0, 0.05) is 12.1 Å². The van der Waals surface area contributed by atoms with Gasteiger partial charge in [0.1, 0.15) is 5.75 Å². The van der Waals surface area contributed by atoms with Crippen LogP contribution < -0.4 is 15.4 Å². The lowest BCUT2D eigenvalue weighted by Gasteiger charge is -2.25. The zero-order valence-electron chi connectivity index (χ0n) is 11.6. The van der Waals surface area contributed by atoms with Crippen LogP contribution in [-0.2, 0) is 6.42 Å². The molecule has 0 heterocycles. The van der Waals surface area contributed by atoms with Crippen LogP contribution in [0.5, 0.6) is 5.75 Å². The molecule has 96 valence electrons. The molecule has 2 N–H and O–H groups in total. The monoisotopic (exact) mass is 236 g/mol. The van der Waals surface area contributed by atoms with E-state index in [0.717, 1.165) is 24.4 Å². The number of benzene rings is 1. The average molecular weight is 236 g/mol. The molecule has 3 nitrogen and oxygen atoms in total. The first kappa shape index (κ1) is 13.8. The summed E-state index contributed by atoms with van der Waals surface area (Å²) in [5.74, 6) is 0.897. The molecular formula is C14H24N2O. The van der Waals surface area contributed by atoms with E-state index in [0.29, 0.717) is 0 Å². The highest BCUT2D eigenvalue weighted by molar-refractivity contribution is 5.58. The van der Waals surface area contributed by atoms with Gasteiger partial charge in [-0.05, 0) is 45.0 Å². The molecule has 1 aromatic rings. The summed E-state index contributed by atoms with van der Waals surface area (Å²) in [6, 6.07) is 6.28. The zero-order chi connectivity index (χ0) is 12.9. The second-order valence-electron chi connectivity index (χ2n) is 4.88. The largest absolute Gasteiger partial charge is 0.495 e. The molecule has 0 saturated carbocycles. The van der Waals surface area contributed by atoms with E-state index in [1.807, 2.05) is 13.1 Å². The number of hydrogen-bond acceptors (Lipinski definition) is 3. The molecule has 0 amide bonds. The van der Waals surface area contributed by atoms with Crippen molar-refractivity contribution in [1.82, 2.24) is 5.32 Å². The van der Waals surface area contributed by atoms with Crippen molar-refractivity contribution in [3.63, 3.8) is 0 Å². The molecule has 0 aliphatic rings. The standard InChI is InChI=1S/C14H24N2O/c1-6-11-7-8-13(17-5)12(9-11)16-10-14(2,3)15-4/h7-9,15-16H,6,10H2,1-5H3. The van der Waals surface area contributed by atoms with E-state index in [9.17, 15) is 0 Å². The minimum Gasteiger partial charge on any atom is -0.495 e. The molecule has 0 fully saturated rings. The third-order valence-electron chi connectivity index (χ3n) is 3.07. The highest BCUT2D eigenvalue weighted by Gasteiger charge is 2.15. The summed E-state index contributed by atoms with van der Waals surface area (Å²) in [6.45, 7) is 7.34. The Bertz CT molecular complexity index is 361. The topological polar surface area (TPSA) is 33.3 Å². The van der Waals surface area contributed by atoms with E-state index in [1.54, 1.807) is 7.11 Å². The number of ether oxygens (including phenoxy) is 1. The third-order valence-corrected chi connectivity index (χ3v) is 3.07. The van der Waals surface area contributed by atoms with Gasteiger partial charge in [-0.2, -0.15) is 0 Å². The lowest BCUT2D eigenvalue weighted by Crippen LogP contribution is -2.42. The molecule has 17 heavy (non-hydrogen) atoms. The van der Waals surface area contributed by atoms with Crippen molar-refractivity contribution in [2.24, 2.45) is 0 Å². The summed E-state index contributed by atoms with van der Waals surface area (Å²) in [6.07, 6.45) is 1.04. The molecule has 0 aliphatic carbocycles. The van der Waals surface area contributed by atoms with Crippen LogP contribution in [0.15, 0.2) is 18.2 Å². The number of hydrogen-bond donors (Lipinski definition) is 2. The first-order valence-corrected chi connectivity index (χ1v) is 6.12. The Morgan fingerprint density at radius 1 is 1.29 bits per heavy atom. The summed E-state index contributed by atoms with van der Waals surface area (Å²) >= 11 is 0. The van der Waals surface area contributed by atoms with Gasteiger partial charge in [0.25, 0.3) is 0 Å². The van der Waals surface area contributed by atoms with E-state index in [2.05, 4.69) is 43.5 Å². The van der Waals surface area contributed by atoms with Gasteiger partial charge >= 0.3 is 0 Å². The van der Waals surface area contributed by atoms with Gasteiger partial charge in [-0.1, -0.05) is 13.0 Å². The lowest BCUT2D eigenvalue weighted by atomic mass is 10.1. The molecule has 1 aromatic carbocycles. The number of anilines is 1. The van der Waals surface area contributed by atoms with E-state index in [1.165, 1.54) is 5.56 Å². The van der Waals surface area contributed by atoms with E-state index >= 15 is 0 Å². The molecule has 3 heteroatoms. The minimum absolute atomic E-state index is 0.0627. The SMILES string of the molecule is CCc1ccc(OC)c(NCC(C)(C)NC)c1. The number of rotatable bonds is 6. The predicted molar refractivity (Wildman–Crippen MR) is 74.0 cm³/mol. The van der Waals surface area contributed by atoms with Gasteiger partial charge in [-0.25, -0.2) is 0 Å². The van der Waals surface area contributed by atoms with Crippen LogP contribution in [0, 0.1) is 0 Å². The lowest BCUT2D eigenvalue weighted by molar-refractivity contribution is 0.413. The molecule has 0 aromatic heterocycles. The van der Waals surface area contributed by atoms with Crippen molar-refractivity contribution in [3.8, 4) is 5.75 Å². The molecule has 0 saturated heterocycles. The smallest absolute Gasteiger partial charge is 0.141 e. The Kier molecular flexibility index (Phi) is 4.82. The summed E-state index contributed by atoms with van der Waals surface area (Å²) in [5, 5.41) is 6.72. The van der Waals surface area contributed by atoms with Crippen LogP contribution in [0.25, 0.3) is 0 Å².